The second-order valence-corrected chi connectivity index (χ2v) is 9.12. The van der Waals surface area contributed by atoms with Crippen LogP contribution in [0.5, 0.6) is 0 Å². The first kappa shape index (κ1) is 29.6. The largest absolute Gasteiger partial charge is 0.242 e. The summed E-state index contributed by atoms with van der Waals surface area (Å²) in [7, 11) is 0. The average Bonchev–Trinajstić information content (AvgIpc) is 3.59. The lowest BCUT2D eigenvalue weighted by molar-refractivity contribution is 0.590. The van der Waals surface area contributed by atoms with Crippen LogP contribution in [0.4, 0.5) is 17.6 Å². The summed E-state index contributed by atoms with van der Waals surface area (Å²) < 4.78 is 64.3. The standard InChI is InChI=1S/C32H4F4N10/c33-21-11-45-15(7-41)1-17(21)25-19(9-43)27-29(23(25)13(3-37)4-38)32(36)30-24(14(5-39)6-40)26(20(10-44)28(30)31(27)35)18-2-16(8-42)46-12-22(18)34/h1-2,11-12H. The van der Waals surface area contributed by atoms with Crippen molar-refractivity contribution in [3.8, 4) is 48.6 Å². The minimum atomic E-state index is -1.56. The predicted molar refractivity (Wildman–Crippen MR) is 145 cm³/mol. The van der Waals surface area contributed by atoms with Crippen molar-refractivity contribution in [2.75, 3.05) is 0 Å². The van der Waals surface area contributed by atoms with Gasteiger partial charge in [-0.1, -0.05) is 0 Å². The first-order valence-corrected chi connectivity index (χ1v) is 12.2. The highest BCUT2D eigenvalue weighted by atomic mass is 19.1. The summed E-state index contributed by atoms with van der Waals surface area (Å²) >= 11 is 0. The smallest absolute Gasteiger partial charge is 0.149 e. The van der Waals surface area contributed by atoms with Crippen LogP contribution < -0.4 is 0 Å². The number of fused-ring (bicyclic) bond motifs is 2. The Bertz CT molecular complexity index is 2300. The average molecular weight is 604 g/mol. The van der Waals surface area contributed by atoms with Gasteiger partial charge in [-0.05, 0) is 12.1 Å². The van der Waals surface area contributed by atoms with Gasteiger partial charge in [0.2, 0.25) is 0 Å². The first-order chi connectivity index (χ1) is 22.2. The Balaban J connectivity index is 2.08. The van der Waals surface area contributed by atoms with Gasteiger partial charge in [-0.3, -0.25) is 0 Å². The SMILES string of the molecule is N#CC(C#N)=C1C(c2cc(C#N)ncc2F)=C(C#N)c2c(F)c3c(c(F)c21)C(=C(C#N)C#N)C(c1cc(C#N)ncc1F)=C3C#N. The molecule has 0 amide bonds. The molecule has 2 heterocycles. The maximum Gasteiger partial charge on any atom is 0.149 e. The minimum Gasteiger partial charge on any atom is -0.242 e. The fourth-order valence-corrected chi connectivity index (χ4v) is 5.30. The van der Waals surface area contributed by atoms with Crippen molar-refractivity contribution in [2.45, 2.75) is 0 Å². The first-order valence-electron chi connectivity index (χ1n) is 12.2. The highest BCUT2D eigenvalue weighted by molar-refractivity contribution is 6.30. The number of allylic oxidation sites excluding steroid dienone is 8. The van der Waals surface area contributed by atoms with Gasteiger partial charge in [0.25, 0.3) is 0 Å². The quantitative estimate of drug-likeness (QED) is 0.272. The van der Waals surface area contributed by atoms with E-state index in [0.717, 1.165) is 12.1 Å². The van der Waals surface area contributed by atoms with Crippen LogP contribution in [0.3, 0.4) is 0 Å². The van der Waals surface area contributed by atoms with Crippen molar-refractivity contribution >= 4 is 33.4 Å². The molecule has 0 radical (unpaired) electrons. The summed E-state index contributed by atoms with van der Waals surface area (Å²) in [6.07, 6.45) is 1.16. The summed E-state index contributed by atoms with van der Waals surface area (Å²) in [5, 5.41) is 78.2. The Morgan fingerprint density at radius 2 is 0.848 bits per heavy atom. The Labute approximate surface area is 255 Å². The highest BCUT2D eigenvalue weighted by Crippen LogP contribution is 2.57. The molecule has 14 heteroatoms. The number of pyridine rings is 2. The molecule has 2 aliphatic carbocycles. The molecule has 0 fully saturated rings. The van der Waals surface area contributed by atoms with Crippen molar-refractivity contribution in [1.82, 2.24) is 9.97 Å². The van der Waals surface area contributed by atoms with Crippen molar-refractivity contribution in [2.24, 2.45) is 0 Å². The third kappa shape index (κ3) is 3.96. The molecule has 0 saturated heterocycles. The molecule has 0 N–H and O–H groups in total. The molecule has 10 nitrogen and oxygen atoms in total. The second kappa shape index (κ2) is 11.1. The van der Waals surface area contributed by atoms with E-state index in [0.29, 0.717) is 12.4 Å². The van der Waals surface area contributed by atoms with Gasteiger partial charge >= 0.3 is 0 Å². The van der Waals surface area contributed by atoms with E-state index in [1.54, 1.807) is 24.3 Å². The number of nitrogens with zero attached hydrogens (tertiary/aromatic N) is 10. The number of hydrogen-bond acceptors (Lipinski definition) is 10. The van der Waals surface area contributed by atoms with Gasteiger partial charge in [0.05, 0.1) is 23.5 Å². The number of halogens is 4. The summed E-state index contributed by atoms with van der Waals surface area (Å²) in [6.45, 7) is 0. The maximum atomic E-state index is 17.0. The molecule has 0 saturated carbocycles. The molecule has 0 atom stereocenters. The zero-order valence-corrected chi connectivity index (χ0v) is 22.3. The maximum absolute atomic E-state index is 17.0. The molecule has 1 aromatic carbocycles. The molecule has 46 heavy (non-hydrogen) atoms. The zero-order valence-electron chi connectivity index (χ0n) is 22.3. The van der Waals surface area contributed by atoms with Gasteiger partial charge < -0.3 is 0 Å². The Morgan fingerprint density at radius 3 is 1.15 bits per heavy atom. The Kier molecular flexibility index (Phi) is 7.13. The molecular weight excluding hydrogens is 600 g/mol. The zero-order chi connectivity index (χ0) is 33.4. The number of hydrogen-bond donors (Lipinski definition) is 0. The fourth-order valence-electron chi connectivity index (χ4n) is 5.30. The van der Waals surface area contributed by atoms with Crippen LogP contribution in [0.15, 0.2) is 35.7 Å². The Hall–Kier alpha value is -7.88. The van der Waals surface area contributed by atoms with E-state index >= 15 is 17.6 Å². The van der Waals surface area contributed by atoms with Gasteiger partial charge in [0.1, 0.15) is 94.4 Å². The van der Waals surface area contributed by atoms with Gasteiger partial charge in [0, 0.05) is 55.7 Å². The van der Waals surface area contributed by atoms with Crippen molar-refractivity contribution < 1.29 is 17.6 Å². The van der Waals surface area contributed by atoms with E-state index < -0.39 is 113 Å². The summed E-state index contributed by atoms with van der Waals surface area (Å²) in [6, 6.07) is 14.1. The number of benzene rings is 1. The topological polar surface area (TPSA) is 216 Å². The molecule has 2 aliphatic rings. The molecule has 0 aliphatic heterocycles. The predicted octanol–water partition coefficient (Wildman–Crippen LogP) is 5.27. The Morgan fingerprint density at radius 1 is 0.500 bits per heavy atom. The fraction of sp³-hybridized carbons (Fsp3) is 0. The molecule has 3 aromatic rings. The number of aromatic nitrogens is 2. The lowest BCUT2D eigenvalue weighted by atomic mass is 9.88. The minimum absolute atomic E-state index is 0.399. The molecule has 2 aromatic heterocycles. The molecule has 210 valence electrons. The summed E-state index contributed by atoms with van der Waals surface area (Å²) in [4.78, 5) is 7.10. The van der Waals surface area contributed by atoms with Gasteiger partial charge in [-0.25, -0.2) is 27.5 Å². The highest BCUT2D eigenvalue weighted by Gasteiger charge is 2.45. The van der Waals surface area contributed by atoms with Crippen LogP contribution in [0.1, 0.15) is 44.8 Å². The van der Waals surface area contributed by atoms with Crippen molar-refractivity contribution in [3.63, 3.8) is 0 Å². The molecule has 0 unspecified atom stereocenters. The van der Waals surface area contributed by atoms with E-state index in [9.17, 15) is 42.1 Å². The van der Waals surface area contributed by atoms with Crippen LogP contribution >= 0.6 is 0 Å². The number of rotatable bonds is 2. The molecule has 5 rings (SSSR count). The number of nitriles is 8. The second-order valence-electron chi connectivity index (χ2n) is 9.12. The van der Waals surface area contributed by atoms with E-state index in [2.05, 4.69) is 9.97 Å². The molecule has 0 bridgehead atoms. The lowest BCUT2D eigenvalue weighted by Crippen LogP contribution is -2.05. The van der Waals surface area contributed by atoms with Crippen LogP contribution in [0, 0.1) is 114 Å². The monoisotopic (exact) mass is 604 g/mol. The van der Waals surface area contributed by atoms with Crippen molar-refractivity contribution in [3.05, 3.63) is 104 Å². The van der Waals surface area contributed by atoms with E-state index in [1.165, 1.54) is 24.3 Å². The summed E-state index contributed by atoms with van der Waals surface area (Å²) in [5.41, 5.74) is -12.1. The normalized spacial score (nSPS) is 12.3. The van der Waals surface area contributed by atoms with E-state index in [-0.39, 0.29) is 0 Å². The van der Waals surface area contributed by atoms with E-state index in [4.69, 9.17) is 0 Å². The van der Waals surface area contributed by atoms with Gasteiger partial charge in [0.15, 0.2) is 0 Å². The van der Waals surface area contributed by atoms with Crippen LogP contribution in [0.2, 0.25) is 0 Å². The van der Waals surface area contributed by atoms with Crippen molar-refractivity contribution in [1.29, 1.82) is 42.1 Å². The summed E-state index contributed by atoms with van der Waals surface area (Å²) in [5.74, 6) is -5.49. The van der Waals surface area contributed by atoms with Crippen LogP contribution in [0.25, 0.3) is 33.4 Å². The van der Waals surface area contributed by atoms with Gasteiger partial charge in [-0.15, -0.1) is 0 Å². The van der Waals surface area contributed by atoms with E-state index in [1.807, 2.05) is 0 Å². The third-order valence-electron chi connectivity index (χ3n) is 7.03. The molecule has 0 spiro atoms. The van der Waals surface area contributed by atoms with Gasteiger partial charge in [-0.2, -0.15) is 42.1 Å². The lowest BCUT2D eigenvalue weighted by Gasteiger charge is -2.15. The molecular formula is C32H4F4N10. The van der Waals surface area contributed by atoms with Crippen LogP contribution in [-0.4, -0.2) is 9.97 Å². The third-order valence-corrected chi connectivity index (χ3v) is 7.03. The van der Waals surface area contributed by atoms with Crippen LogP contribution in [-0.2, 0) is 0 Å².